The number of aryl methyl sites for hydroxylation is 1. The summed E-state index contributed by atoms with van der Waals surface area (Å²) < 4.78 is 55.0. The Balaban J connectivity index is 1.55. The summed E-state index contributed by atoms with van der Waals surface area (Å²) in [6, 6.07) is 23.3. The van der Waals surface area contributed by atoms with E-state index in [0.29, 0.717) is 39.7 Å². The van der Waals surface area contributed by atoms with Crippen molar-refractivity contribution in [1.29, 1.82) is 0 Å². The largest absolute Gasteiger partial charge is 0.418 e. The first-order chi connectivity index (χ1) is 20.5. The lowest BCUT2D eigenvalue weighted by Gasteiger charge is -2.25. The summed E-state index contributed by atoms with van der Waals surface area (Å²) in [7, 11) is 0. The maximum Gasteiger partial charge on any atom is 0.418 e. The summed E-state index contributed by atoms with van der Waals surface area (Å²) in [5, 5.41) is 4.16. The molecule has 0 radical (unpaired) electrons. The quantitative estimate of drug-likeness (QED) is 0.203. The fourth-order valence-electron chi connectivity index (χ4n) is 4.79. The van der Waals surface area contributed by atoms with Gasteiger partial charge in [-0.15, -0.1) is 0 Å². The van der Waals surface area contributed by atoms with Crippen LogP contribution in [0.5, 0.6) is 0 Å². The molecule has 218 valence electrons. The molecule has 0 saturated carbocycles. The van der Waals surface area contributed by atoms with E-state index in [4.69, 9.17) is 0 Å². The molecule has 0 unspecified atom stereocenters. The van der Waals surface area contributed by atoms with Crippen LogP contribution in [0, 0.1) is 12.7 Å². The van der Waals surface area contributed by atoms with E-state index >= 15 is 0 Å². The SMILES string of the molecule is Cc1ccccc1C(=O)CN1C(=O)[C@@H](NC(=O)Nc2c(F)cccc2C(F)(F)F)N=C(c2ccccc2)c2ccccc21. The van der Waals surface area contributed by atoms with Gasteiger partial charge in [0.15, 0.2) is 5.78 Å². The minimum atomic E-state index is -4.96. The minimum Gasteiger partial charge on any atom is -0.308 e. The summed E-state index contributed by atoms with van der Waals surface area (Å²) in [5.41, 5.74) is 0.286. The number of benzodiazepines with no additional fused rings is 1. The zero-order valence-electron chi connectivity index (χ0n) is 22.7. The van der Waals surface area contributed by atoms with Gasteiger partial charge in [0.2, 0.25) is 6.17 Å². The lowest BCUT2D eigenvalue weighted by atomic mass is 9.99. The number of benzene rings is 4. The average molecular weight is 589 g/mol. The average Bonchev–Trinajstić information content (AvgIpc) is 3.09. The Morgan fingerprint density at radius 1 is 0.884 bits per heavy atom. The van der Waals surface area contributed by atoms with Crippen LogP contribution >= 0.6 is 0 Å². The molecule has 4 aromatic rings. The number of rotatable bonds is 6. The number of halogens is 4. The van der Waals surface area contributed by atoms with Crippen LogP contribution in [0.15, 0.2) is 102 Å². The monoisotopic (exact) mass is 588 g/mol. The molecule has 1 aliphatic heterocycles. The molecule has 0 aromatic heterocycles. The number of anilines is 2. The number of urea groups is 1. The van der Waals surface area contributed by atoms with Crippen LogP contribution < -0.4 is 15.5 Å². The van der Waals surface area contributed by atoms with Crippen molar-refractivity contribution < 1.29 is 31.9 Å². The third-order valence-corrected chi connectivity index (χ3v) is 6.83. The second kappa shape index (κ2) is 11.9. The van der Waals surface area contributed by atoms with Crippen LogP contribution in [0.25, 0.3) is 0 Å². The smallest absolute Gasteiger partial charge is 0.308 e. The van der Waals surface area contributed by atoms with Crippen molar-refractivity contribution in [2.24, 2.45) is 4.99 Å². The summed E-state index contributed by atoms with van der Waals surface area (Å²) in [6.45, 7) is 1.35. The van der Waals surface area contributed by atoms with E-state index in [1.165, 1.54) is 4.90 Å². The number of carbonyl (C=O) groups is 3. The number of nitrogens with one attached hydrogen (secondary N) is 2. The zero-order valence-corrected chi connectivity index (χ0v) is 22.7. The third-order valence-electron chi connectivity index (χ3n) is 6.83. The number of Topliss-reactive ketones (excluding diaryl/α,β-unsaturated/α-hetero) is 1. The number of alkyl halides is 3. The first-order valence-electron chi connectivity index (χ1n) is 13.1. The topological polar surface area (TPSA) is 90.9 Å². The van der Waals surface area contributed by atoms with Gasteiger partial charge in [-0.2, -0.15) is 13.2 Å². The molecule has 2 N–H and O–H groups in total. The van der Waals surface area contributed by atoms with Gasteiger partial charge >= 0.3 is 12.2 Å². The van der Waals surface area contributed by atoms with Crippen LogP contribution in [0.1, 0.15) is 32.6 Å². The lowest BCUT2D eigenvalue weighted by molar-refractivity contribution is -0.137. The molecular formula is C32H24F4N4O3. The number of para-hydroxylation sites is 2. The van der Waals surface area contributed by atoms with E-state index in [-0.39, 0.29) is 5.78 Å². The molecule has 1 heterocycles. The van der Waals surface area contributed by atoms with Gasteiger partial charge in [0.25, 0.3) is 5.91 Å². The number of aliphatic imine (C=N–C) groups is 1. The normalized spacial score (nSPS) is 14.8. The van der Waals surface area contributed by atoms with Crippen molar-refractivity contribution in [3.63, 3.8) is 0 Å². The molecule has 3 amide bonds. The van der Waals surface area contributed by atoms with Gasteiger partial charge < -0.3 is 15.5 Å². The number of fused-ring (bicyclic) bond motifs is 1. The second-order valence-electron chi connectivity index (χ2n) is 9.68. The molecule has 5 rings (SSSR count). The molecule has 0 bridgehead atoms. The highest BCUT2D eigenvalue weighted by molar-refractivity contribution is 6.21. The lowest BCUT2D eigenvalue weighted by Crippen LogP contribution is -2.50. The van der Waals surface area contributed by atoms with Gasteiger partial charge in [0, 0.05) is 16.7 Å². The molecule has 0 saturated heterocycles. The molecule has 1 aliphatic rings. The van der Waals surface area contributed by atoms with Crippen LogP contribution in [-0.4, -0.2) is 36.1 Å². The Kier molecular flexibility index (Phi) is 8.07. The van der Waals surface area contributed by atoms with Crippen molar-refractivity contribution in [2.75, 3.05) is 16.8 Å². The second-order valence-corrected chi connectivity index (χ2v) is 9.68. The van der Waals surface area contributed by atoms with Gasteiger partial charge in [-0.3, -0.25) is 9.59 Å². The van der Waals surface area contributed by atoms with Crippen LogP contribution in [-0.2, 0) is 11.0 Å². The highest BCUT2D eigenvalue weighted by atomic mass is 19.4. The van der Waals surface area contributed by atoms with Gasteiger partial charge in [-0.25, -0.2) is 14.2 Å². The summed E-state index contributed by atoms with van der Waals surface area (Å²) in [6.07, 6.45) is -6.65. The first-order valence-corrected chi connectivity index (χ1v) is 13.1. The Hall–Kier alpha value is -5.32. The number of hydrogen-bond acceptors (Lipinski definition) is 4. The molecule has 0 spiro atoms. The molecule has 0 aliphatic carbocycles. The minimum absolute atomic E-state index is 0.294. The summed E-state index contributed by atoms with van der Waals surface area (Å²) in [5.74, 6) is -2.52. The molecule has 43 heavy (non-hydrogen) atoms. The molecule has 4 aromatic carbocycles. The highest BCUT2D eigenvalue weighted by Crippen LogP contribution is 2.36. The third kappa shape index (κ3) is 6.15. The Bertz CT molecular complexity index is 1740. The molecule has 11 heteroatoms. The zero-order chi connectivity index (χ0) is 30.7. The van der Waals surface area contributed by atoms with Crippen LogP contribution in [0.2, 0.25) is 0 Å². The molecule has 1 atom stereocenters. The van der Waals surface area contributed by atoms with Gasteiger partial charge in [0.05, 0.1) is 29.2 Å². The standard InChI is InChI=1S/C32H24F4N4O3/c1-19-10-5-6-13-21(19)26(41)18-40-25-17-8-7-14-22(25)27(20-11-3-2-4-12-20)37-29(30(40)42)39-31(43)38-28-23(32(34,35)36)15-9-16-24(28)33/h2-17,29H,18H2,1H3,(H2,38,39,43)/t29-/m1/s1. The highest BCUT2D eigenvalue weighted by Gasteiger charge is 2.37. The molecule has 7 nitrogen and oxygen atoms in total. The number of hydrogen-bond donors (Lipinski definition) is 2. The predicted molar refractivity (Wildman–Crippen MR) is 154 cm³/mol. The number of ketones is 1. The molecular weight excluding hydrogens is 564 g/mol. The Morgan fingerprint density at radius 3 is 2.28 bits per heavy atom. The van der Waals surface area contributed by atoms with Crippen LogP contribution in [0.3, 0.4) is 0 Å². The predicted octanol–water partition coefficient (Wildman–Crippen LogP) is 6.37. The van der Waals surface area contributed by atoms with E-state index < -0.39 is 47.9 Å². The first kappa shape index (κ1) is 29.2. The fourth-order valence-corrected chi connectivity index (χ4v) is 4.79. The summed E-state index contributed by atoms with van der Waals surface area (Å²) >= 11 is 0. The van der Waals surface area contributed by atoms with E-state index in [0.717, 1.165) is 12.1 Å². The fraction of sp³-hybridized carbons (Fsp3) is 0.125. The maximum absolute atomic E-state index is 14.4. The van der Waals surface area contributed by atoms with Crippen LogP contribution in [0.4, 0.5) is 33.7 Å². The van der Waals surface area contributed by atoms with Crippen molar-refractivity contribution in [1.82, 2.24) is 5.32 Å². The maximum atomic E-state index is 14.4. The summed E-state index contributed by atoms with van der Waals surface area (Å²) in [4.78, 5) is 46.1. The van der Waals surface area contributed by atoms with E-state index in [1.54, 1.807) is 85.8 Å². The van der Waals surface area contributed by atoms with E-state index in [1.807, 2.05) is 5.32 Å². The van der Waals surface area contributed by atoms with Crippen molar-refractivity contribution in [3.05, 3.63) is 131 Å². The number of carbonyl (C=O) groups excluding carboxylic acids is 3. The van der Waals surface area contributed by atoms with Crippen molar-refractivity contribution in [2.45, 2.75) is 19.3 Å². The van der Waals surface area contributed by atoms with Gasteiger partial charge in [-0.1, -0.05) is 78.9 Å². The van der Waals surface area contributed by atoms with E-state index in [2.05, 4.69) is 10.3 Å². The van der Waals surface area contributed by atoms with Crippen molar-refractivity contribution in [3.8, 4) is 0 Å². The van der Waals surface area contributed by atoms with E-state index in [9.17, 15) is 31.9 Å². The number of amides is 3. The Labute approximate surface area is 243 Å². The number of nitrogens with zero attached hydrogens (tertiary/aromatic N) is 2. The van der Waals surface area contributed by atoms with Gasteiger partial charge in [-0.05, 0) is 30.7 Å². The Morgan fingerprint density at radius 2 is 1.56 bits per heavy atom. The van der Waals surface area contributed by atoms with Crippen molar-refractivity contribution >= 4 is 34.8 Å². The van der Waals surface area contributed by atoms with Gasteiger partial charge in [0.1, 0.15) is 5.82 Å². The molecule has 0 fully saturated rings.